The summed E-state index contributed by atoms with van der Waals surface area (Å²) in [4.78, 5) is 7.47. The number of alkyl halides is 4. The smallest absolute Gasteiger partial charge is 0.324 e. The van der Waals surface area contributed by atoms with Gasteiger partial charge in [-0.25, -0.2) is 13.8 Å². The van der Waals surface area contributed by atoms with Crippen molar-refractivity contribution in [1.29, 1.82) is 0 Å². The van der Waals surface area contributed by atoms with Crippen molar-refractivity contribution < 1.29 is 17.6 Å². The van der Waals surface area contributed by atoms with Crippen LogP contribution in [0.15, 0.2) is 12.4 Å². The molecule has 90 valence electrons. The fourth-order valence-electron chi connectivity index (χ4n) is 0.857. The van der Waals surface area contributed by atoms with Crippen molar-refractivity contribution in [3.63, 3.8) is 0 Å². The van der Waals surface area contributed by atoms with Gasteiger partial charge in [-0.2, -0.15) is 8.78 Å². The van der Waals surface area contributed by atoms with Gasteiger partial charge in [0.2, 0.25) is 0 Å². The van der Waals surface area contributed by atoms with E-state index in [4.69, 9.17) is 0 Å². The summed E-state index contributed by atoms with van der Waals surface area (Å²) in [5.41, 5.74) is 0. The molecule has 0 unspecified atom stereocenters. The van der Waals surface area contributed by atoms with Gasteiger partial charge in [0.15, 0.2) is 0 Å². The third kappa shape index (κ3) is 3.21. The summed E-state index contributed by atoms with van der Waals surface area (Å²) in [7, 11) is 1.57. The second-order valence-corrected chi connectivity index (χ2v) is 2.95. The molecule has 0 aromatic carbocycles. The Balaban J connectivity index is 2.60. The molecule has 0 aliphatic carbocycles. The van der Waals surface area contributed by atoms with E-state index < -0.39 is 18.9 Å². The molecule has 0 fully saturated rings. The highest BCUT2D eigenvalue weighted by Crippen LogP contribution is 2.22. The number of anilines is 2. The van der Waals surface area contributed by atoms with E-state index in [1.54, 1.807) is 7.05 Å². The topological polar surface area (TPSA) is 49.8 Å². The third-order valence-electron chi connectivity index (χ3n) is 1.72. The molecule has 0 aliphatic rings. The number of nitrogens with zero attached hydrogens (tertiary/aromatic N) is 2. The SMILES string of the molecule is CNc1cncc(NCC(F)(F)C(F)F)n1. The van der Waals surface area contributed by atoms with E-state index in [-0.39, 0.29) is 5.82 Å². The van der Waals surface area contributed by atoms with Gasteiger partial charge in [-0.1, -0.05) is 0 Å². The van der Waals surface area contributed by atoms with Crippen LogP contribution in [0.3, 0.4) is 0 Å². The van der Waals surface area contributed by atoms with Gasteiger partial charge in [0, 0.05) is 7.05 Å². The van der Waals surface area contributed by atoms with Gasteiger partial charge in [0.25, 0.3) is 0 Å². The summed E-state index contributed by atoms with van der Waals surface area (Å²) in [5, 5.41) is 4.74. The minimum Gasteiger partial charge on any atom is -0.372 e. The third-order valence-corrected chi connectivity index (χ3v) is 1.72. The molecule has 0 atom stereocenters. The van der Waals surface area contributed by atoms with Gasteiger partial charge in [0.1, 0.15) is 11.6 Å². The summed E-state index contributed by atoms with van der Waals surface area (Å²) in [6, 6.07) is 0. The van der Waals surface area contributed by atoms with E-state index in [0.29, 0.717) is 5.82 Å². The first-order valence-corrected chi connectivity index (χ1v) is 4.35. The average molecular weight is 238 g/mol. The molecule has 1 heterocycles. The van der Waals surface area contributed by atoms with Crippen LogP contribution in [0.25, 0.3) is 0 Å². The Morgan fingerprint density at radius 3 is 2.50 bits per heavy atom. The molecule has 1 aromatic heterocycles. The molecule has 2 N–H and O–H groups in total. The first kappa shape index (κ1) is 12.5. The molecule has 0 bridgehead atoms. The molecule has 0 saturated carbocycles. The molecule has 0 amide bonds. The van der Waals surface area contributed by atoms with Crippen LogP contribution in [0.5, 0.6) is 0 Å². The molecule has 8 heteroatoms. The van der Waals surface area contributed by atoms with Crippen LogP contribution >= 0.6 is 0 Å². The van der Waals surface area contributed by atoms with E-state index in [1.165, 1.54) is 12.4 Å². The van der Waals surface area contributed by atoms with Crippen LogP contribution in [0, 0.1) is 0 Å². The zero-order chi connectivity index (χ0) is 12.2. The lowest BCUT2D eigenvalue weighted by Crippen LogP contribution is -2.35. The van der Waals surface area contributed by atoms with Gasteiger partial charge in [-0.3, -0.25) is 4.98 Å². The van der Waals surface area contributed by atoms with Crippen molar-refractivity contribution in [2.24, 2.45) is 0 Å². The zero-order valence-corrected chi connectivity index (χ0v) is 8.35. The first-order valence-electron chi connectivity index (χ1n) is 4.35. The average Bonchev–Trinajstić information content (AvgIpc) is 2.26. The second kappa shape index (κ2) is 4.95. The zero-order valence-electron chi connectivity index (χ0n) is 8.35. The number of aromatic nitrogens is 2. The summed E-state index contributed by atoms with van der Waals surface area (Å²) >= 11 is 0. The summed E-state index contributed by atoms with van der Waals surface area (Å²) < 4.78 is 48.7. The van der Waals surface area contributed by atoms with Crippen molar-refractivity contribution in [2.45, 2.75) is 12.3 Å². The Morgan fingerprint density at radius 2 is 1.94 bits per heavy atom. The standard InChI is InChI=1S/C8H10F4N4/c1-13-5-2-14-3-6(16-5)15-4-8(11,12)7(9)10/h2-3,7H,4H2,1H3,(H2,13,15,16). The van der Waals surface area contributed by atoms with E-state index in [9.17, 15) is 17.6 Å². The second-order valence-electron chi connectivity index (χ2n) is 2.95. The van der Waals surface area contributed by atoms with Crippen molar-refractivity contribution in [1.82, 2.24) is 9.97 Å². The van der Waals surface area contributed by atoms with Crippen molar-refractivity contribution in [2.75, 3.05) is 24.2 Å². The summed E-state index contributed by atoms with van der Waals surface area (Å²) in [6.45, 7) is -1.19. The Bertz CT molecular complexity index is 345. The van der Waals surface area contributed by atoms with Crippen LogP contribution in [0.1, 0.15) is 0 Å². The largest absolute Gasteiger partial charge is 0.372 e. The van der Waals surface area contributed by atoms with Crippen molar-refractivity contribution in [3.8, 4) is 0 Å². The van der Waals surface area contributed by atoms with Gasteiger partial charge in [-0.05, 0) is 0 Å². The number of halogens is 4. The van der Waals surface area contributed by atoms with Gasteiger partial charge in [-0.15, -0.1) is 0 Å². The molecule has 4 nitrogen and oxygen atoms in total. The number of hydrogen-bond donors (Lipinski definition) is 2. The van der Waals surface area contributed by atoms with Crippen LogP contribution in [0.4, 0.5) is 29.2 Å². The highest BCUT2D eigenvalue weighted by Gasteiger charge is 2.40. The number of nitrogens with one attached hydrogen (secondary N) is 2. The first-order chi connectivity index (χ1) is 7.45. The lowest BCUT2D eigenvalue weighted by atomic mass is 10.3. The van der Waals surface area contributed by atoms with Crippen LogP contribution in [0.2, 0.25) is 0 Å². The van der Waals surface area contributed by atoms with Gasteiger partial charge in [0.05, 0.1) is 18.9 Å². The molecular weight excluding hydrogens is 228 g/mol. The summed E-state index contributed by atoms with van der Waals surface area (Å²) in [6.07, 6.45) is -1.17. The molecular formula is C8H10F4N4. The molecule has 0 radical (unpaired) electrons. The maximum atomic E-state index is 12.5. The highest BCUT2D eigenvalue weighted by molar-refractivity contribution is 5.41. The summed E-state index contributed by atoms with van der Waals surface area (Å²) in [5.74, 6) is -3.73. The van der Waals surface area contributed by atoms with Crippen LogP contribution in [-0.2, 0) is 0 Å². The Labute approximate surface area is 89.1 Å². The fraction of sp³-hybridized carbons (Fsp3) is 0.500. The molecule has 0 saturated heterocycles. The van der Waals surface area contributed by atoms with Crippen molar-refractivity contribution >= 4 is 11.6 Å². The van der Waals surface area contributed by atoms with Crippen LogP contribution in [-0.4, -0.2) is 35.9 Å². The lowest BCUT2D eigenvalue weighted by Gasteiger charge is -2.16. The fourth-order valence-corrected chi connectivity index (χ4v) is 0.857. The maximum absolute atomic E-state index is 12.5. The lowest BCUT2D eigenvalue weighted by molar-refractivity contribution is -0.117. The van der Waals surface area contributed by atoms with Gasteiger partial charge < -0.3 is 10.6 Å². The highest BCUT2D eigenvalue weighted by atomic mass is 19.3. The van der Waals surface area contributed by atoms with Crippen LogP contribution < -0.4 is 10.6 Å². The Hall–Kier alpha value is -1.60. The Morgan fingerprint density at radius 1 is 1.31 bits per heavy atom. The normalized spacial score (nSPS) is 11.6. The predicted molar refractivity (Wildman–Crippen MR) is 51.0 cm³/mol. The van der Waals surface area contributed by atoms with E-state index in [0.717, 1.165) is 0 Å². The number of hydrogen-bond acceptors (Lipinski definition) is 4. The molecule has 1 rings (SSSR count). The molecule has 16 heavy (non-hydrogen) atoms. The monoisotopic (exact) mass is 238 g/mol. The molecule has 0 aliphatic heterocycles. The molecule has 0 spiro atoms. The van der Waals surface area contributed by atoms with Gasteiger partial charge >= 0.3 is 12.3 Å². The molecule has 1 aromatic rings. The number of rotatable bonds is 5. The minimum atomic E-state index is -4.09. The quantitative estimate of drug-likeness (QED) is 0.768. The van der Waals surface area contributed by atoms with E-state index >= 15 is 0 Å². The Kier molecular flexibility index (Phi) is 3.86. The minimum absolute atomic E-state index is 0.00664. The predicted octanol–water partition coefficient (Wildman–Crippen LogP) is 1.83. The van der Waals surface area contributed by atoms with E-state index in [2.05, 4.69) is 20.6 Å². The van der Waals surface area contributed by atoms with E-state index in [1.807, 2.05) is 0 Å². The maximum Gasteiger partial charge on any atom is 0.324 e. The van der Waals surface area contributed by atoms with Crippen molar-refractivity contribution in [3.05, 3.63) is 12.4 Å².